The highest BCUT2D eigenvalue weighted by Crippen LogP contribution is 2.27. The van der Waals surface area contributed by atoms with E-state index >= 15 is 0 Å². The zero-order chi connectivity index (χ0) is 13.4. The van der Waals surface area contributed by atoms with Gasteiger partial charge in [-0.3, -0.25) is 14.6 Å². The summed E-state index contributed by atoms with van der Waals surface area (Å²) in [6, 6.07) is 3.59. The van der Waals surface area contributed by atoms with Gasteiger partial charge in [0.2, 0.25) is 5.91 Å². The smallest absolute Gasteiger partial charge is 0.256 e. The van der Waals surface area contributed by atoms with Crippen LogP contribution in [0.3, 0.4) is 0 Å². The van der Waals surface area contributed by atoms with E-state index in [-0.39, 0.29) is 17.9 Å². The first-order valence-corrected chi connectivity index (χ1v) is 6.73. The Hall–Kier alpha value is -1.91. The molecule has 0 spiro atoms. The predicted octanol–water partition coefficient (Wildman–Crippen LogP) is 1.05. The Kier molecular flexibility index (Phi) is 2.97. The number of carbonyl (C=O) groups excluding carboxylic acids is 2. The largest absolute Gasteiger partial charge is 0.341 e. The fourth-order valence-electron chi connectivity index (χ4n) is 2.89. The summed E-state index contributed by atoms with van der Waals surface area (Å²) in [4.78, 5) is 32.1. The molecular weight excluding hydrogens is 242 g/mol. The maximum absolute atomic E-state index is 12.3. The monoisotopic (exact) mass is 259 g/mol. The molecule has 2 aliphatic rings. The van der Waals surface area contributed by atoms with Crippen molar-refractivity contribution in [2.75, 3.05) is 13.1 Å². The molecule has 19 heavy (non-hydrogen) atoms. The molecule has 0 bridgehead atoms. The van der Waals surface area contributed by atoms with Crippen molar-refractivity contribution in [2.24, 2.45) is 0 Å². The highest BCUT2D eigenvalue weighted by molar-refractivity contribution is 5.98. The quantitative estimate of drug-likeness (QED) is 0.815. The van der Waals surface area contributed by atoms with Crippen molar-refractivity contribution in [1.29, 1.82) is 0 Å². The van der Waals surface area contributed by atoms with Gasteiger partial charge in [0.25, 0.3) is 5.91 Å². The van der Waals surface area contributed by atoms with E-state index in [9.17, 15) is 9.59 Å². The first-order valence-electron chi connectivity index (χ1n) is 6.73. The Morgan fingerprint density at radius 3 is 3.00 bits per heavy atom. The van der Waals surface area contributed by atoms with Crippen LogP contribution in [-0.4, -0.2) is 45.7 Å². The van der Waals surface area contributed by atoms with Gasteiger partial charge in [0.1, 0.15) is 0 Å². The lowest BCUT2D eigenvalue weighted by molar-refractivity contribution is -0.127. The zero-order valence-electron chi connectivity index (χ0n) is 11.0. The number of aromatic nitrogens is 1. The minimum Gasteiger partial charge on any atom is -0.341 e. The van der Waals surface area contributed by atoms with Crippen LogP contribution in [0.15, 0.2) is 18.3 Å². The van der Waals surface area contributed by atoms with Crippen molar-refractivity contribution in [3.63, 3.8) is 0 Å². The van der Waals surface area contributed by atoms with Crippen LogP contribution < -0.4 is 0 Å². The Balaban J connectivity index is 1.76. The predicted molar refractivity (Wildman–Crippen MR) is 69.4 cm³/mol. The summed E-state index contributed by atoms with van der Waals surface area (Å²) < 4.78 is 0. The first kappa shape index (κ1) is 12.1. The third-order valence-electron chi connectivity index (χ3n) is 3.83. The molecule has 1 saturated heterocycles. The molecule has 1 aromatic rings. The van der Waals surface area contributed by atoms with Gasteiger partial charge in [0.15, 0.2) is 0 Å². The van der Waals surface area contributed by atoms with Crippen LogP contribution in [0.1, 0.15) is 35.8 Å². The average Bonchev–Trinajstić information content (AvgIpc) is 2.93. The zero-order valence-corrected chi connectivity index (χ0v) is 11.0. The van der Waals surface area contributed by atoms with E-state index in [4.69, 9.17) is 0 Å². The Morgan fingerprint density at radius 2 is 2.26 bits per heavy atom. The van der Waals surface area contributed by atoms with Crippen molar-refractivity contribution in [2.45, 2.75) is 32.4 Å². The lowest BCUT2D eigenvalue weighted by Crippen LogP contribution is -2.37. The van der Waals surface area contributed by atoms with E-state index in [0.29, 0.717) is 25.1 Å². The van der Waals surface area contributed by atoms with Gasteiger partial charge >= 0.3 is 0 Å². The average molecular weight is 259 g/mol. The molecule has 0 saturated carbocycles. The molecule has 0 aliphatic carbocycles. The van der Waals surface area contributed by atoms with E-state index in [0.717, 1.165) is 18.7 Å². The molecule has 1 aromatic heterocycles. The molecule has 5 nitrogen and oxygen atoms in total. The normalized spacial score (nSPS) is 22.3. The van der Waals surface area contributed by atoms with Gasteiger partial charge in [-0.2, -0.15) is 0 Å². The van der Waals surface area contributed by atoms with Gasteiger partial charge in [0.05, 0.1) is 23.8 Å². The molecule has 1 atom stereocenters. The van der Waals surface area contributed by atoms with E-state index < -0.39 is 0 Å². The fourth-order valence-corrected chi connectivity index (χ4v) is 2.89. The summed E-state index contributed by atoms with van der Waals surface area (Å²) in [6.45, 7) is 4.03. The molecule has 2 amide bonds. The summed E-state index contributed by atoms with van der Waals surface area (Å²) in [5, 5.41) is 0. The van der Waals surface area contributed by atoms with Gasteiger partial charge in [-0.1, -0.05) is 6.92 Å². The SMILES string of the molecule is CCCN1C[C@@H](N2Cc3ncccc3C2=O)CC1=O. The van der Waals surface area contributed by atoms with Crippen LogP contribution in [0, 0.1) is 0 Å². The fraction of sp³-hybridized carbons (Fsp3) is 0.500. The summed E-state index contributed by atoms with van der Waals surface area (Å²) in [7, 11) is 0. The summed E-state index contributed by atoms with van der Waals surface area (Å²) in [5.41, 5.74) is 1.51. The number of amides is 2. The van der Waals surface area contributed by atoms with Crippen LogP contribution in [0.4, 0.5) is 0 Å². The van der Waals surface area contributed by atoms with E-state index in [1.165, 1.54) is 0 Å². The summed E-state index contributed by atoms with van der Waals surface area (Å²) in [6.07, 6.45) is 3.10. The second-order valence-corrected chi connectivity index (χ2v) is 5.13. The molecule has 100 valence electrons. The molecule has 0 N–H and O–H groups in total. The summed E-state index contributed by atoms with van der Waals surface area (Å²) in [5.74, 6) is 0.169. The van der Waals surface area contributed by atoms with Crippen molar-refractivity contribution >= 4 is 11.8 Å². The van der Waals surface area contributed by atoms with Crippen LogP contribution in [-0.2, 0) is 11.3 Å². The van der Waals surface area contributed by atoms with E-state index in [1.54, 1.807) is 17.2 Å². The number of carbonyl (C=O) groups is 2. The topological polar surface area (TPSA) is 53.5 Å². The number of likely N-dealkylation sites (tertiary alicyclic amines) is 1. The van der Waals surface area contributed by atoms with Crippen LogP contribution in [0.25, 0.3) is 0 Å². The number of pyridine rings is 1. The second-order valence-electron chi connectivity index (χ2n) is 5.13. The van der Waals surface area contributed by atoms with Crippen molar-refractivity contribution in [3.8, 4) is 0 Å². The van der Waals surface area contributed by atoms with Gasteiger partial charge < -0.3 is 9.80 Å². The first-order chi connectivity index (χ1) is 9.20. The number of nitrogens with zero attached hydrogens (tertiary/aromatic N) is 3. The standard InChI is InChI=1S/C14H17N3O2/c1-2-6-16-8-10(7-13(16)18)17-9-12-11(14(17)19)4-3-5-15-12/h3-5,10H,2,6-9H2,1H3/t10-/m0/s1. The molecule has 5 heteroatoms. The second kappa shape index (κ2) is 4.64. The Bertz CT molecular complexity index is 529. The minimum atomic E-state index is 0.000694. The molecular formula is C14H17N3O2. The Labute approximate surface area is 112 Å². The van der Waals surface area contributed by atoms with Crippen LogP contribution >= 0.6 is 0 Å². The maximum atomic E-state index is 12.3. The highest BCUT2D eigenvalue weighted by Gasteiger charge is 2.39. The van der Waals surface area contributed by atoms with Crippen molar-refractivity contribution in [3.05, 3.63) is 29.6 Å². The van der Waals surface area contributed by atoms with Crippen LogP contribution in [0.2, 0.25) is 0 Å². The molecule has 0 unspecified atom stereocenters. The van der Waals surface area contributed by atoms with Gasteiger partial charge in [0, 0.05) is 25.7 Å². The van der Waals surface area contributed by atoms with Crippen molar-refractivity contribution in [1.82, 2.24) is 14.8 Å². The lowest BCUT2D eigenvalue weighted by Gasteiger charge is -2.23. The number of hydrogen-bond acceptors (Lipinski definition) is 3. The third-order valence-corrected chi connectivity index (χ3v) is 3.83. The molecule has 1 fully saturated rings. The van der Waals surface area contributed by atoms with Gasteiger partial charge in [-0.05, 0) is 18.6 Å². The van der Waals surface area contributed by atoms with E-state index in [1.807, 2.05) is 11.0 Å². The van der Waals surface area contributed by atoms with Gasteiger partial charge in [-0.15, -0.1) is 0 Å². The minimum absolute atomic E-state index is 0.000694. The molecule has 0 aromatic carbocycles. The molecule has 0 radical (unpaired) electrons. The maximum Gasteiger partial charge on any atom is 0.256 e. The molecule has 2 aliphatic heterocycles. The third kappa shape index (κ3) is 1.99. The van der Waals surface area contributed by atoms with Crippen LogP contribution in [0.5, 0.6) is 0 Å². The highest BCUT2D eigenvalue weighted by atomic mass is 16.2. The van der Waals surface area contributed by atoms with Gasteiger partial charge in [-0.25, -0.2) is 0 Å². The van der Waals surface area contributed by atoms with Crippen molar-refractivity contribution < 1.29 is 9.59 Å². The molecule has 3 heterocycles. The Morgan fingerprint density at radius 1 is 1.42 bits per heavy atom. The molecule has 3 rings (SSSR count). The number of hydrogen-bond donors (Lipinski definition) is 0. The van der Waals surface area contributed by atoms with E-state index in [2.05, 4.69) is 11.9 Å². The number of rotatable bonds is 3. The number of fused-ring (bicyclic) bond motifs is 1. The lowest BCUT2D eigenvalue weighted by atomic mass is 10.2. The summed E-state index contributed by atoms with van der Waals surface area (Å²) >= 11 is 0.